The number of aliphatic hydroxyl groups excluding tert-OH is 1. The number of aliphatic hydroxyl groups is 1. The first kappa shape index (κ1) is 15.8. The van der Waals surface area contributed by atoms with E-state index in [-0.39, 0.29) is 11.9 Å². The molecule has 1 fully saturated rings. The van der Waals surface area contributed by atoms with E-state index in [0.717, 1.165) is 6.54 Å². The van der Waals surface area contributed by atoms with Crippen LogP contribution in [0.4, 0.5) is 0 Å². The smallest absolute Gasteiger partial charge is 0.254 e. The van der Waals surface area contributed by atoms with Crippen LogP contribution in [0.1, 0.15) is 16.8 Å². The Morgan fingerprint density at radius 1 is 1.55 bits per heavy atom. The minimum atomic E-state index is -0.445. The summed E-state index contributed by atoms with van der Waals surface area (Å²) in [6.07, 6.45) is 0.179. The molecule has 1 aromatic rings. The van der Waals surface area contributed by atoms with Crippen molar-refractivity contribution in [3.05, 3.63) is 33.3 Å². The SMILES string of the molecule is CN(C)CC1CC(O)CN1C(=O)c1ccc(Cl)c(Br)c1. The van der Waals surface area contributed by atoms with Gasteiger partial charge in [-0.25, -0.2) is 0 Å². The van der Waals surface area contributed by atoms with Gasteiger partial charge in [0.2, 0.25) is 0 Å². The molecule has 0 radical (unpaired) electrons. The summed E-state index contributed by atoms with van der Waals surface area (Å²) in [6.45, 7) is 1.13. The van der Waals surface area contributed by atoms with Crippen LogP contribution >= 0.6 is 27.5 Å². The van der Waals surface area contributed by atoms with Crippen LogP contribution in [-0.4, -0.2) is 60.1 Å². The largest absolute Gasteiger partial charge is 0.391 e. The number of rotatable bonds is 3. The van der Waals surface area contributed by atoms with Gasteiger partial charge in [-0.05, 0) is 54.6 Å². The third-order valence-electron chi connectivity index (χ3n) is 3.40. The fraction of sp³-hybridized carbons (Fsp3) is 0.500. The molecule has 0 bridgehead atoms. The van der Waals surface area contributed by atoms with E-state index in [0.29, 0.717) is 28.0 Å². The molecule has 0 aliphatic carbocycles. The van der Waals surface area contributed by atoms with Crippen molar-refractivity contribution in [2.75, 3.05) is 27.2 Å². The maximum absolute atomic E-state index is 12.6. The second-order valence-corrected chi connectivity index (χ2v) is 6.65. The minimum absolute atomic E-state index is 0.0435. The minimum Gasteiger partial charge on any atom is -0.391 e. The van der Waals surface area contributed by atoms with Crippen LogP contribution in [0, 0.1) is 0 Å². The molecule has 2 rings (SSSR count). The van der Waals surface area contributed by atoms with E-state index in [1.807, 2.05) is 19.0 Å². The molecule has 1 heterocycles. The number of hydrogen-bond acceptors (Lipinski definition) is 3. The number of likely N-dealkylation sites (tertiary alicyclic amines) is 1. The van der Waals surface area contributed by atoms with Crippen LogP contribution in [0.25, 0.3) is 0 Å². The van der Waals surface area contributed by atoms with Crippen LogP contribution in [-0.2, 0) is 0 Å². The Morgan fingerprint density at radius 3 is 2.85 bits per heavy atom. The number of nitrogens with zero attached hydrogens (tertiary/aromatic N) is 2. The molecular formula is C14H18BrClN2O2. The van der Waals surface area contributed by atoms with Crippen LogP contribution < -0.4 is 0 Å². The first-order valence-electron chi connectivity index (χ1n) is 6.47. The summed E-state index contributed by atoms with van der Waals surface area (Å²) < 4.78 is 0.703. The van der Waals surface area contributed by atoms with Crippen molar-refractivity contribution in [2.45, 2.75) is 18.6 Å². The quantitative estimate of drug-likeness (QED) is 0.898. The van der Waals surface area contributed by atoms with E-state index in [4.69, 9.17) is 11.6 Å². The summed E-state index contributed by atoms with van der Waals surface area (Å²) in [7, 11) is 3.93. The van der Waals surface area contributed by atoms with E-state index in [2.05, 4.69) is 15.9 Å². The second-order valence-electron chi connectivity index (χ2n) is 5.39. The lowest BCUT2D eigenvalue weighted by molar-refractivity contribution is 0.0699. The van der Waals surface area contributed by atoms with Crippen molar-refractivity contribution in [2.24, 2.45) is 0 Å². The molecule has 1 aliphatic heterocycles. The zero-order valence-electron chi connectivity index (χ0n) is 11.5. The Labute approximate surface area is 132 Å². The summed E-state index contributed by atoms with van der Waals surface area (Å²) >= 11 is 9.28. The number of carbonyl (C=O) groups excluding carboxylic acids is 1. The number of hydrogen-bond donors (Lipinski definition) is 1. The van der Waals surface area contributed by atoms with Crippen LogP contribution in [0.15, 0.2) is 22.7 Å². The lowest BCUT2D eigenvalue weighted by Crippen LogP contribution is -2.41. The van der Waals surface area contributed by atoms with E-state index in [1.165, 1.54) is 0 Å². The summed E-state index contributed by atoms with van der Waals surface area (Å²) in [5, 5.41) is 10.4. The highest BCUT2D eigenvalue weighted by atomic mass is 79.9. The topological polar surface area (TPSA) is 43.8 Å². The standard InChI is InChI=1S/C14H18BrClN2O2/c1-17(2)7-10-6-11(19)8-18(10)14(20)9-3-4-13(16)12(15)5-9/h3-5,10-11,19H,6-8H2,1-2H3. The first-order chi connectivity index (χ1) is 9.38. The third-order valence-corrected chi connectivity index (χ3v) is 4.61. The molecule has 20 heavy (non-hydrogen) atoms. The Morgan fingerprint density at radius 2 is 2.25 bits per heavy atom. The zero-order chi connectivity index (χ0) is 14.9. The number of benzene rings is 1. The Balaban J connectivity index is 2.19. The first-order valence-corrected chi connectivity index (χ1v) is 7.64. The molecule has 4 nitrogen and oxygen atoms in total. The van der Waals surface area contributed by atoms with E-state index in [1.54, 1.807) is 23.1 Å². The van der Waals surface area contributed by atoms with Gasteiger partial charge in [-0.15, -0.1) is 0 Å². The van der Waals surface area contributed by atoms with Crippen molar-refractivity contribution >= 4 is 33.4 Å². The molecule has 0 saturated carbocycles. The molecule has 1 amide bonds. The van der Waals surface area contributed by atoms with Crippen LogP contribution in [0.2, 0.25) is 5.02 Å². The average Bonchev–Trinajstić information content (AvgIpc) is 2.72. The second kappa shape index (κ2) is 6.43. The lowest BCUT2D eigenvalue weighted by Gasteiger charge is -2.27. The van der Waals surface area contributed by atoms with Crippen molar-refractivity contribution in [3.63, 3.8) is 0 Å². The molecule has 0 aromatic heterocycles. The van der Waals surface area contributed by atoms with Crippen molar-refractivity contribution < 1.29 is 9.90 Å². The molecule has 1 saturated heterocycles. The zero-order valence-corrected chi connectivity index (χ0v) is 13.9. The number of likely N-dealkylation sites (N-methyl/N-ethyl adjacent to an activating group) is 1. The van der Waals surface area contributed by atoms with Gasteiger partial charge in [0, 0.05) is 29.2 Å². The summed E-state index contributed by atoms with van der Waals surface area (Å²) in [5.41, 5.74) is 0.583. The van der Waals surface area contributed by atoms with E-state index >= 15 is 0 Å². The normalized spacial score (nSPS) is 22.6. The van der Waals surface area contributed by atoms with Gasteiger partial charge in [0.15, 0.2) is 0 Å². The monoisotopic (exact) mass is 360 g/mol. The Hall–Kier alpha value is -0.620. The Kier molecular flexibility index (Phi) is 5.07. The predicted molar refractivity (Wildman–Crippen MR) is 83.2 cm³/mol. The molecule has 1 aliphatic rings. The fourth-order valence-electron chi connectivity index (χ4n) is 2.53. The third kappa shape index (κ3) is 3.52. The van der Waals surface area contributed by atoms with E-state index in [9.17, 15) is 9.90 Å². The van der Waals surface area contributed by atoms with Crippen molar-refractivity contribution in [1.82, 2.24) is 9.80 Å². The number of halogens is 2. The van der Waals surface area contributed by atoms with Gasteiger partial charge < -0.3 is 14.9 Å². The average molecular weight is 362 g/mol. The Bertz CT molecular complexity index is 510. The molecule has 6 heteroatoms. The summed E-state index contributed by atoms with van der Waals surface area (Å²) in [6, 6.07) is 5.18. The molecular weight excluding hydrogens is 344 g/mol. The van der Waals surface area contributed by atoms with E-state index < -0.39 is 6.10 Å². The van der Waals surface area contributed by atoms with Gasteiger partial charge in [-0.2, -0.15) is 0 Å². The fourth-order valence-corrected chi connectivity index (χ4v) is 3.03. The lowest BCUT2D eigenvalue weighted by atomic mass is 10.1. The molecule has 110 valence electrons. The maximum atomic E-state index is 12.6. The van der Waals surface area contributed by atoms with Crippen molar-refractivity contribution in [1.29, 1.82) is 0 Å². The maximum Gasteiger partial charge on any atom is 0.254 e. The van der Waals surface area contributed by atoms with Gasteiger partial charge in [0.1, 0.15) is 0 Å². The summed E-state index contributed by atoms with van der Waals surface area (Å²) in [4.78, 5) is 16.4. The molecule has 1 aromatic carbocycles. The molecule has 2 atom stereocenters. The highest BCUT2D eigenvalue weighted by Crippen LogP contribution is 2.26. The highest BCUT2D eigenvalue weighted by Gasteiger charge is 2.34. The van der Waals surface area contributed by atoms with Crippen LogP contribution in [0.3, 0.4) is 0 Å². The number of β-amino-alcohol motifs (C(OH)–C–C–N with tert-alkyl or cyclic N) is 1. The van der Waals surface area contributed by atoms with Gasteiger partial charge >= 0.3 is 0 Å². The molecule has 0 spiro atoms. The van der Waals surface area contributed by atoms with Crippen molar-refractivity contribution in [3.8, 4) is 0 Å². The number of carbonyl (C=O) groups is 1. The highest BCUT2D eigenvalue weighted by molar-refractivity contribution is 9.10. The van der Waals surface area contributed by atoms with Gasteiger partial charge in [0.25, 0.3) is 5.91 Å². The van der Waals surface area contributed by atoms with Crippen LogP contribution in [0.5, 0.6) is 0 Å². The van der Waals surface area contributed by atoms with Gasteiger partial charge in [0.05, 0.1) is 11.1 Å². The number of amides is 1. The molecule has 2 unspecified atom stereocenters. The molecule has 1 N–H and O–H groups in total. The summed E-state index contributed by atoms with van der Waals surface area (Å²) in [5.74, 6) is -0.0641. The van der Waals surface area contributed by atoms with Gasteiger partial charge in [-0.3, -0.25) is 4.79 Å². The predicted octanol–water partition coefficient (Wildman–Crippen LogP) is 2.24. The van der Waals surface area contributed by atoms with Gasteiger partial charge in [-0.1, -0.05) is 11.6 Å².